The van der Waals surface area contributed by atoms with Crippen LogP contribution in [0.5, 0.6) is 0 Å². The van der Waals surface area contributed by atoms with Gasteiger partial charge in [0.1, 0.15) is 0 Å². The lowest BCUT2D eigenvalue weighted by Crippen LogP contribution is -2.56. The highest BCUT2D eigenvalue weighted by molar-refractivity contribution is 6.30. The summed E-state index contributed by atoms with van der Waals surface area (Å²) in [4.78, 5) is 13.5. The Morgan fingerprint density at radius 3 is 3.06 bits per heavy atom. The third-order valence-electron chi connectivity index (χ3n) is 3.17. The first kappa shape index (κ1) is 13.3. The summed E-state index contributed by atoms with van der Waals surface area (Å²) >= 11 is 5.95. The molecule has 0 aromatic heterocycles. The normalized spacial score (nSPS) is 25.0. The van der Waals surface area contributed by atoms with Crippen LogP contribution < -0.4 is 5.73 Å². The number of carbonyl (C=O) groups is 1. The van der Waals surface area contributed by atoms with Crippen molar-refractivity contribution in [2.45, 2.75) is 19.1 Å². The third-order valence-corrected chi connectivity index (χ3v) is 3.41. The number of carbonyl (C=O) groups excluding carboxylic acids is 1. The van der Waals surface area contributed by atoms with Crippen LogP contribution in [0.1, 0.15) is 12.5 Å². The van der Waals surface area contributed by atoms with Crippen molar-refractivity contribution in [3.63, 3.8) is 0 Å². The zero-order valence-corrected chi connectivity index (χ0v) is 11.1. The number of benzene rings is 1. The van der Waals surface area contributed by atoms with Gasteiger partial charge in [-0.2, -0.15) is 0 Å². The molecular formula is C13H17ClN2O2. The van der Waals surface area contributed by atoms with E-state index in [2.05, 4.69) is 4.90 Å². The van der Waals surface area contributed by atoms with Crippen LogP contribution in [0.2, 0.25) is 5.02 Å². The first-order valence-corrected chi connectivity index (χ1v) is 6.28. The summed E-state index contributed by atoms with van der Waals surface area (Å²) in [6.07, 6.45) is 0. The number of hydrogen-bond acceptors (Lipinski definition) is 3. The molecule has 1 aromatic carbocycles. The number of nitrogens with two attached hydrogens (primary N) is 1. The SMILES string of the molecule is C[C@]1(C(N)=O)CN(Cc2cccc(Cl)c2)CCO1. The third kappa shape index (κ3) is 3.02. The van der Waals surface area contributed by atoms with Crippen molar-refractivity contribution < 1.29 is 9.53 Å². The maximum Gasteiger partial charge on any atom is 0.250 e. The van der Waals surface area contributed by atoms with Crippen LogP contribution in [0.25, 0.3) is 0 Å². The van der Waals surface area contributed by atoms with Gasteiger partial charge in [0, 0.05) is 24.7 Å². The first-order valence-electron chi connectivity index (χ1n) is 5.90. The first-order chi connectivity index (χ1) is 8.49. The van der Waals surface area contributed by atoms with E-state index < -0.39 is 11.5 Å². The molecule has 5 heteroatoms. The summed E-state index contributed by atoms with van der Waals surface area (Å²) in [5, 5.41) is 0.721. The van der Waals surface area contributed by atoms with Crippen LogP contribution in [0.15, 0.2) is 24.3 Å². The van der Waals surface area contributed by atoms with E-state index in [-0.39, 0.29) is 0 Å². The van der Waals surface area contributed by atoms with Gasteiger partial charge in [-0.15, -0.1) is 0 Å². The second kappa shape index (κ2) is 5.26. The molecule has 0 aliphatic carbocycles. The van der Waals surface area contributed by atoms with Crippen molar-refractivity contribution >= 4 is 17.5 Å². The van der Waals surface area contributed by atoms with Gasteiger partial charge in [-0.3, -0.25) is 9.69 Å². The second-order valence-corrected chi connectivity index (χ2v) is 5.22. The molecule has 1 aliphatic rings. The van der Waals surface area contributed by atoms with E-state index in [1.165, 1.54) is 0 Å². The number of hydrogen-bond donors (Lipinski definition) is 1. The molecule has 2 N–H and O–H groups in total. The van der Waals surface area contributed by atoms with Crippen LogP contribution >= 0.6 is 11.6 Å². The molecule has 98 valence electrons. The van der Waals surface area contributed by atoms with E-state index in [1.807, 2.05) is 24.3 Å². The van der Waals surface area contributed by atoms with Crippen LogP contribution in [0.4, 0.5) is 0 Å². The van der Waals surface area contributed by atoms with Crippen molar-refractivity contribution in [3.8, 4) is 0 Å². The minimum atomic E-state index is -0.892. The highest BCUT2D eigenvalue weighted by atomic mass is 35.5. The predicted octanol–water partition coefficient (Wildman–Crippen LogP) is 1.42. The number of rotatable bonds is 3. The summed E-state index contributed by atoms with van der Waals surface area (Å²) in [6, 6.07) is 7.71. The predicted molar refractivity (Wildman–Crippen MR) is 70.3 cm³/mol. The topological polar surface area (TPSA) is 55.6 Å². The molecule has 18 heavy (non-hydrogen) atoms. The van der Waals surface area contributed by atoms with E-state index in [1.54, 1.807) is 6.92 Å². The standard InChI is InChI=1S/C13H17ClN2O2/c1-13(12(15)17)9-16(5-6-18-13)8-10-3-2-4-11(14)7-10/h2-4,7H,5-6,8-9H2,1H3,(H2,15,17)/t13-/m1/s1. The van der Waals surface area contributed by atoms with E-state index in [9.17, 15) is 4.79 Å². The molecule has 0 spiro atoms. The molecule has 1 amide bonds. The van der Waals surface area contributed by atoms with Crippen molar-refractivity contribution in [1.82, 2.24) is 4.90 Å². The summed E-state index contributed by atoms with van der Waals surface area (Å²) in [6.45, 7) is 4.29. The lowest BCUT2D eigenvalue weighted by atomic mass is 10.0. The number of halogens is 1. The van der Waals surface area contributed by atoms with Crippen molar-refractivity contribution in [3.05, 3.63) is 34.9 Å². The molecule has 1 heterocycles. The molecule has 1 fully saturated rings. The Morgan fingerprint density at radius 2 is 2.39 bits per heavy atom. The fraction of sp³-hybridized carbons (Fsp3) is 0.462. The van der Waals surface area contributed by atoms with Crippen LogP contribution in [0.3, 0.4) is 0 Å². The van der Waals surface area contributed by atoms with Gasteiger partial charge in [0.05, 0.1) is 6.61 Å². The second-order valence-electron chi connectivity index (χ2n) is 4.78. The number of nitrogens with zero attached hydrogens (tertiary/aromatic N) is 1. The highest BCUT2D eigenvalue weighted by Crippen LogP contribution is 2.20. The molecule has 0 radical (unpaired) electrons. The molecule has 1 atom stereocenters. The highest BCUT2D eigenvalue weighted by Gasteiger charge is 2.37. The number of amides is 1. The zero-order chi connectivity index (χ0) is 13.2. The number of morpholine rings is 1. The Balaban J connectivity index is 2.04. The summed E-state index contributed by atoms with van der Waals surface area (Å²) in [7, 11) is 0. The van der Waals surface area contributed by atoms with Crippen molar-refractivity contribution in [1.29, 1.82) is 0 Å². The Bertz CT molecular complexity index is 452. The lowest BCUT2D eigenvalue weighted by Gasteiger charge is -2.38. The van der Waals surface area contributed by atoms with E-state index >= 15 is 0 Å². The quantitative estimate of drug-likeness (QED) is 0.902. The molecule has 2 rings (SSSR count). The lowest BCUT2D eigenvalue weighted by molar-refractivity contribution is -0.153. The van der Waals surface area contributed by atoms with Gasteiger partial charge in [-0.1, -0.05) is 23.7 Å². The molecule has 1 aromatic rings. The molecule has 1 aliphatic heterocycles. The van der Waals surface area contributed by atoms with Gasteiger partial charge in [0.25, 0.3) is 5.91 Å². The largest absolute Gasteiger partial charge is 0.367 e. The Hall–Kier alpha value is -1.10. The monoisotopic (exact) mass is 268 g/mol. The van der Waals surface area contributed by atoms with Crippen LogP contribution in [-0.2, 0) is 16.1 Å². The zero-order valence-electron chi connectivity index (χ0n) is 10.4. The van der Waals surface area contributed by atoms with Gasteiger partial charge in [0.15, 0.2) is 5.60 Å². The maximum absolute atomic E-state index is 11.4. The van der Waals surface area contributed by atoms with Gasteiger partial charge >= 0.3 is 0 Å². The van der Waals surface area contributed by atoms with Gasteiger partial charge in [0.2, 0.25) is 0 Å². The Labute approximate surface area is 112 Å². The van der Waals surface area contributed by atoms with Gasteiger partial charge < -0.3 is 10.5 Å². The smallest absolute Gasteiger partial charge is 0.250 e. The number of ether oxygens (including phenoxy) is 1. The average Bonchev–Trinajstić information content (AvgIpc) is 2.29. The van der Waals surface area contributed by atoms with E-state index in [0.29, 0.717) is 13.2 Å². The molecular weight excluding hydrogens is 252 g/mol. The summed E-state index contributed by atoms with van der Waals surface area (Å²) in [5.41, 5.74) is 5.60. The minimum Gasteiger partial charge on any atom is -0.367 e. The van der Waals surface area contributed by atoms with Crippen molar-refractivity contribution in [2.75, 3.05) is 19.7 Å². The molecule has 0 saturated carbocycles. The van der Waals surface area contributed by atoms with Crippen molar-refractivity contribution in [2.24, 2.45) is 5.73 Å². The fourth-order valence-corrected chi connectivity index (χ4v) is 2.34. The van der Waals surface area contributed by atoms with Crippen LogP contribution in [-0.4, -0.2) is 36.1 Å². The number of primary amides is 1. The summed E-state index contributed by atoms with van der Waals surface area (Å²) < 4.78 is 5.48. The maximum atomic E-state index is 11.4. The molecule has 0 bridgehead atoms. The Morgan fingerprint density at radius 1 is 1.61 bits per heavy atom. The summed E-state index contributed by atoms with van der Waals surface area (Å²) in [5.74, 6) is -0.418. The average molecular weight is 269 g/mol. The molecule has 1 saturated heterocycles. The van der Waals surface area contributed by atoms with Gasteiger partial charge in [-0.25, -0.2) is 0 Å². The van der Waals surface area contributed by atoms with E-state index in [0.717, 1.165) is 23.7 Å². The Kier molecular flexibility index (Phi) is 3.90. The molecule has 0 unspecified atom stereocenters. The van der Waals surface area contributed by atoms with Crippen LogP contribution in [0, 0.1) is 0 Å². The fourth-order valence-electron chi connectivity index (χ4n) is 2.13. The van der Waals surface area contributed by atoms with E-state index in [4.69, 9.17) is 22.1 Å². The molecule has 4 nitrogen and oxygen atoms in total. The van der Waals surface area contributed by atoms with Gasteiger partial charge in [-0.05, 0) is 24.6 Å². The minimum absolute atomic E-state index is 0.418.